The molecule has 1 aromatic heterocycles. The van der Waals surface area contributed by atoms with E-state index in [2.05, 4.69) is 26.1 Å². The first-order valence-corrected chi connectivity index (χ1v) is 7.93. The number of hydrogen-bond donors (Lipinski definition) is 1. The number of benzene rings is 1. The molecule has 0 aliphatic heterocycles. The van der Waals surface area contributed by atoms with E-state index in [1.54, 1.807) is 0 Å². The van der Waals surface area contributed by atoms with E-state index in [-0.39, 0.29) is 11.5 Å². The minimum absolute atomic E-state index is 0.0197. The van der Waals surface area contributed by atoms with Crippen LogP contribution in [0.25, 0.3) is 0 Å². The van der Waals surface area contributed by atoms with E-state index in [0.717, 1.165) is 5.82 Å². The molecule has 0 bridgehead atoms. The van der Waals surface area contributed by atoms with Crippen LogP contribution in [0, 0.1) is 6.92 Å². The molecule has 20 heavy (non-hydrogen) atoms. The Morgan fingerprint density at radius 2 is 2.10 bits per heavy atom. The van der Waals surface area contributed by atoms with Gasteiger partial charge in [-0.2, -0.15) is 0 Å². The summed E-state index contributed by atoms with van der Waals surface area (Å²) in [5.41, 5.74) is 0. The van der Waals surface area contributed by atoms with Gasteiger partial charge < -0.3 is 9.30 Å². The lowest BCUT2D eigenvalue weighted by molar-refractivity contribution is 0.289. The molecule has 9 heteroatoms. The average Bonchev–Trinajstić information content (AvgIpc) is 2.67. The number of rotatable bonds is 4. The summed E-state index contributed by atoms with van der Waals surface area (Å²) in [5.74, 6) is 1.95. The van der Waals surface area contributed by atoms with Crippen molar-refractivity contribution >= 4 is 26.0 Å². The zero-order valence-corrected chi connectivity index (χ0v) is 13.3. The Kier molecular flexibility index (Phi) is 4.11. The average molecular weight is 361 g/mol. The topological polar surface area (TPSA) is 100 Å². The van der Waals surface area contributed by atoms with Crippen molar-refractivity contribution in [3.63, 3.8) is 0 Å². The highest BCUT2D eigenvalue weighted by Crippen LogP contribution is 2.28. The molecule has 2 rings (SSSR count). The Hall–Kier alpha value is -1.45. The molecule has 0 spiro atoms. The van der Waals surface area contributed by atoms with E-state index in [9.17, 15) is 8.42 Å². The zero-order chi connectivity index (χ0) is 14.9. The first-order chi connectivity index (χ1) is 9.29. The van der Waals surface area contributed by atoms with Crippen molar-refractivity contribution < 1.29 is 13.2 Å². The second kappa shape index (κ2) is 5.51. The molecule has 1 heterocycles. The smallest absolute Gasteiger partial charge is 0.238 e. The van der Waals surface area contributed by atoms with Crippen molar-refractivity contribution in [2.45, 2.75) is 18.4 Å². The predicted molar refractivity (Wildman–Crippen MR) is 75.6 cm³/mol. The van der Waals surface area contributed by atoms with Crippen molar-refractivity contribution in [2.75, 3.05) is 0 Å². The maximum atomic E-state index is 11.2. The Bertz CT molecular complexity index is 742. The van der Waals surface area contributed by atoms with Crippen LogP contribution in [-0.4, -0.2) is 23.2 Å². The lowest BCUT2D eigenvalue weighted by Crippen LogP contribution is -2.12. The number of aromatic nitrogens is 3. The van der Waals surface area contributed by atoms with E-state index < -0.39 is 10.0 Å². The van der Waals surface area contributed by atoms with Crippen LogP contribution in [0.2, 0.25) is 0 Å². The summed E-state index contributed by atoms with van der Waals surface area (Å²) in [7, 11) is -1.88. The number of ether oxygens (including phenoxy) is 1. The summed E-state index contributed by atoms with van der Waals surface area (Å²) >= 11 is 3.25. The summed E-state index contributed by atoms with van der Waals surface area (Å²) in [4.78, 5) is 0.0197. The Balaban J connectivity index is 2.17. The van der Waals surface area contributed by atoms with Crippen molar-refractivity contribution in [3.8, 4) is 5.75 Å². The minimum Gasteiger partial charge on any atom is -0.484 e. The maximum Gasteiger partial charge on any atom is 0.238 e. The first-order valence-electron chi connectivity index (χ1n) is 5.59. The summed E-state index contributed by atoms with van der Waals surface area (Å²) < 4.78 is 30.3. The molecule has 0 amide bonds. The highest BCUT2D eigenvalue weighted by molar-refractivity contribution is 9.10. The summed E-state index contributed by atoms with van der Waals surface area (Å²) in [6, 6.07) is 4.32. The highest BCUT2D eigenvalue weighted by atomic mass is 79.9. The van der Waals surface area contributed by atoms with Gasteiger partial charge in [0.2, 0.25) is 10.0 Å². The molecule has 7 nitrogen and oxygen atoms in total. The summed E-state index contributed by atoms with van der Waals surface area (Å²) in [6.45, 7) is 2.07. The van der Waals surface area contributed by atoms with Crippen LogP contribution in [0.1, 0.15) is 11.6 Å². The Morgan fingerprint density at radius 3 is 2.60 bits per heavy atom. The fourth-order valence-corrected chi connectivity index (χ4v) is 2.68. The van der Waals surface area contributed by atoms with Crippen LogP contribution in [0.15, 0.2) is 27.6 Å². The first kappa shape index (κ1) is 14.9. The predicted octanol–water partition coefficient (Wildman–Crippen LogP) is 1.11. The second-order valence-electron chi connectivity index (χ2n) is 4.15. The molecule has 108 valence electrons. The van der Waals surface area contributed by atoms with Crippen molar-refractivity contribution in [1.82, 2.24) is 14.8 Å². The molecular formula is C11H13BrN4O3S. The minimum atomic E-state index is -3.72. The highest BCUT2D eigenvalue weighted by Gasteiger charge is 2.12. The van der Waals surface area contributed by atoms with E-state index in [1.165, 1.54) is 18.2 Å². The van der Waals surface area contributed by atoms with Gasteiger partial charge in [-0.25, -0.2) is 13.6 Å². The fraction of sp³-hybridized carbons (Fsp3) is 0.273. The van der Waals surface area contributed by atoms with Gasteiger partial charge >= 0.3 is 0 Å². The van der Waals surface area contributed by atoms with E-state index in [0.29, 0.717) is 16.0 Å². The van der Waals surface area contributed by atoms with Gasteiger partial charge in [-0.3, -0.25) is 0 Å². The summed E-state index contributed by atoms with van der Waals surface area (Å²) in [6.07, 6.45) is 0. The third-order valence-electron chi connectivity index (χ3n) is 2.77. The number of hydrogen-bond acceptors (Lipinski definition) is 5. The van der Waals surface area contributed by atoms with Crippen molar-refractivity contribution in [2.24, 2.45) is 12.2 Å². The van der Waals surface area contributed by atoms with Gasteiger partial charge in [0.1, 0.15) is 18.2 Å². The van der Waals surface area contributed by atoms with Crippen LogP contribution in [-0.2, 0) is 23.7 Å². The second-order valence-corrected chi connectivity index (χ2v) is 6.56. The number of nitrogens with two attached hydrogens (primary N) is 1. The van der Waals surface area contributed by atoms with Gasteiger partial charge in [0.15, 0.2) is 5.82 Å². The maximum absolute atomic E-state index is 11.2. The van der Waals surface area contributed by atoms with Gasteiger partial charge in [-0.05, 0) is 41.1 Å². The summed E-state index contributed by atoms with van der Waals surface area (Å²) in [5, 5.41) is 12.9. The van der Waals surface area contributed by atoms with E-state index in [1.807, 2.05) is 18.5 Å². The normalized spacial score (nSPS) is 11.6. The molecule has 0 atom stereocenters. The van der Waals surface area contributed by atoms with Gasteiger partial charge in [-0.1, -0.05) is 0 Å². The number of nitrogens with zero attached hydrogens (tertiary/aromatic N) is 3. The third-order valence-corrected chi connectivity index (χ3v) is 4.30. The zero-order valence-electron chi connectivity index (χ0n) is 10.9. The Morgan fingerprint density at radius 1 is 1.40 bits per heavy atom. The standard InChI is InChI=1S/C11H13BrN4O3S/c1-7-14-15-11(16(7)2)6-19-10-4-3-8(5-9(10)12)20(13,17)18/h3-5H,6H2,1-2H3,(H2,13,17,18). The van der Waals surface area contributed by atoms with E-state index in [4.69, 9.17) is 9.88 Å². The van der Waals surface area contributed by atoms with Crippen LogP contribution in [0.4, 0.5) is 0 Å². The molecule has 0 fully saturated rings. The lowest BCUT2D eigenvalue weighted by Gasteiger charge is -2.09. The molecule has 1 aromatic carbocycles. The number of primary sulfonamides is 1. The van der Waals surface area contributed by atoms with E-state index >= 15 is 0 Å². The molecule has 0 unspecified atom stereocenters. The van der Waals surface area contributed by atoms with Crippen molar-refractivity contribution in [1.29, 1.82) is 0 Å². The lowest BCUT2D eigenvalue weighted by atomic mass is 10.3. The monoisotopic (exact) mass is 360 g/mol. The number of sulfonamides is 1. The largest absolute Gasteiger partial charge is 0.484 e. The number of aryl methyl sites for hydroxylation is 1. The van der Waals surface area contributed by atoms with Gasteiger partial charge in [0.25, 0.3) is 0 Å². The van der Waals surface area contributed by atoms with Crippen LogP contribution in [0.5, 0.6) is 5.75 Å². The molecule has 0 aliphatic carbocycles. The van der Waals surface area contributed by atoms with Gasteiger partial charge in [-0.15, -0.1) is 10.2 Å². The molecule has 0 saturated carbocycles. The fourth-order valence-electron chi connectivity index (χ4n) is 1.49. The van der Waals surface area contributed by atoms with Crippen molar-refractivity contribution in [3.05, 3.63) is 34.3 Å². The quantitative estimate of drug-likeness (QED) is 0.879. The molecule has 2 aromatic rings. The molecule has 2 N–H and O–H groups in total. The molecular weight excluding hydrogens is 348 g/mol. The SMILES string of the molecule is Cc1nnc(COc2ccc(S(N)(=O)=O)cc2Br)n1C. The van der Waals surface area contributed by atoms with Crippen LogP contribution < -0.4 is 9.88 Å². The molecule has 0 aliphatic rings. The molecule has 0 radical (unpaired) electrons. The van der Waals surface area contributed by atoms with Gasteiger partial charge in [0.05, 0.1) is 9.37 Å². The Labute approximate surface area is 124 Å². The van der Waals surface area contributed by atoms with Gasteiger partial charge in [0, 0.05) is 7.05 Å². The number of halogens is 1. The van der Waals surface area contributed by atoms with Crippen LogP contribution in [0.3, 0.4) is 0 Å². The third kappa shape index (κ3) is 3.17. The van der Waals surface area contributed by atoms with Crippen LogP contribution >= 0.6 is 15.9 Å². The molecule has 0 saturated heterocycles.